The molecule has 0 amide bonds. The van der Waals surface area contributed by atoms with Gasteiger partial charge in [-0.15, -0.1) is 0 Å². The molecule has 1 atom stereocenters. The Morgan fingerprint density at radius 2 is 1.64 bits per heavy atom. The van der Waals surface area contributed by atoms with Crippen LogP contribution >= 0.6 is 0 Å². The van der Waals surface area contributed by atoms with E-state index >= 15 is 0 Å². The van der Waals surface area contributed by atoms with Crippen molar-refractivity contribution >= 4 is 21.7 Å². The molecule has 116 valence electrons. The molecule has 1 N–H and O–H groups in total. The van der Waals surface area contributed by atoms with Crippen LogP contribution in [0.4, 0.5) is 5.69 Å². The standard InChI is InChI=1S/C16H17NO4S/c1-12(13-6-4-3-5-7-13)21-16(18)14-8-10-15(11-9-14)17-22(2,19)20/h3-12,17H,1-2H3/t12-/m1/s1. The summed E-state index contributed by atoms with van der Waals surface area (Å²) in [7, 11) is -3.33. The van der Waals surface area contributed by atoms with E-state index in [9.17, 15) is 13.2 Å². The van der Waals surface area contributed by atoms with Gasteiger partial charge in [0.05, 0.1) is 11.8 Å². The molecule has 0 unspecified atom stereocenters. The molecule has 0 aliphatic rings. The van der Waals surface area contributed by atoms with E-state index in [0.717, 1.165) is 11.8 Å². The predicted molar refractivity (Wildman–Crippen MR) is 85.2 cm³/mol. The van der Waals surface area contributed by atoms with Gasteiger partial charge in [-0.25, -0.2) is 13.2 Å². The molecule has 0 aliphatic heterocycles. The average molecular weight is 319 g/mol. The first-order valence-electron chi connectivity index (χ1n) is 6.69. The fourth-order valence-corrected chi connectivity index (χ4v) is 2.47. The second-order valence-electron chi connectivity index (χ2n) is 4.91. The van der Waals surface area contributed by atoms with Gasteiger partial charge >= 0.3 is 5.97 Å². The number of sulfonamides is 1. The van der Waals surface area contributed by atoms with Gasteiger partial charge in [-0.1, -0.05) is 30.3 Å². The van der Waals surface area contributed by atoms with Gasteiger partial charge in [0, 0.05) is 5.69 Å². The largest absolute Gasteiger partial charge is 0.454 e. The minimum atomic E-state index is -3.33. The van der Waals surface area contributed by atoms with E-state index in [1.807, 2.05) is 30.3 Å². The summed E-state index contributed by atoms with van der Waals surface area (Å²) in [5.74, 6) is -0.456. The van der Waals surface area contributed by atoms with Gasteiger partial charge in [0.2, 0.25) is 10.0 Å². The number of carbonyl (C=O) groups excluding carboxylic acids is 1. The number of benzene rings is 2. The number of rotatable bonds is 5. The topological polar surface area (TPSA) is 72.5 Å². The summed E-state index contributed by atoms with van der Waals surface area (Å²) in [6.07, 6.45) is 0.707. The molecular weight excluding hydrogens is 302 g/mol. The Morgan fingerprint density at radius 3 is 2.18 bits per heavy atom. The van der Waals surface area contributed by atoms with Crippen LogP contribution in [0.15, 0.2) is 54.6 Å². The lowest BCUT2D eigenvalue weighted by molar-refractivity contribution is 0.0338. The number of anilines is 1. The average Bonchev–Trinajstić information content (AvgIpc) is 2.47. The normalized spacial score (nSPS) is 12.5. The molecular formula is C16H17NO4S. The van der Waals surface area contributed by atoms with Crippen LogP contribution in [0.1, 0.15) is 28.9 Å². The first-order valence-corrected chi connectivity index (χ1v) is 8.58. The van der Waals surface area contributed by atoms with Crippen molar-refractivity contribution in [1.29, 1.82) is 0 Å². The number of esters is 1. The van der Waals surface area contributed by atoms with Crippen LogP contribution in [0.2, 0.25) is 0 Å². The van der Waals surface area contributed by atoms with Gasteiger partial charge in [0.1, 0.15) is 6.10 Å². The van der Waals surface area contributed by atoms with Crippen molar-refractivity contribution in [2.24, 2.45) is 0 Å². The van der Waals surface area contributed by atoms with Gasteiger partial charge in [-0.2, -0.15) is 0 Å². The first kappa shape index (κ1) is 16.0. The summed E-state index contributed by atoms with van der Waals surface area (Å²) in [5, 5.41) is 0. The van der Waals surface area contributed by atoms with Crippen molar-refractivity contribution in [3.8, 4) is 0 Å². The van der Waals surface area contributed by atoms with Crippen molar-refractivity contribution in [3.63, 3.8) is 0 Å². The zero-order chi connectivity index (χ0) is 16.2. The van der Waals surface area contributed by atoms with Crippen LogP contribution in [0, 0.1) is 0 Å². The molecule has 0 aromatic heterocycles. The van der Waals surface area contributed by atoms with Gasteiger partial charge in [-0.05, 0) is 36.8 Å². The van der Waals surface area contributed by atoms with E-state index in [1.165, 1.54) is 24.3 Å². The molecule has 0 saturated heterocycles. The molecule has 2 aromatic carbocycles. The van der Waals surface area contributed by atoms with Crippen LogP contribution < -0.4 is 4.72 Å². The first-order chi connectivity index (χ1) is 10.3. The SMILES string of the molecule is C[C@@H](OC(=O)c1ccc(NS(C)(=O)=O)cc1)c1ccccc1. The number of hydrogen-bond donors (Lipinski definition) is 1. The molecule has 0 bridgehead atoms. The minimum absolute atomic E-state index is 0.359. The fourth-order valence-electron chi connectivity index (χ4n) is 1.91. The van der Waals surface area contributed by atoms with Gasteiger partial charge < -0.3 is 4.74 Å². The van der Waals surface area contributed by atoms with Gasteiger partial charge in [0.25, 0.3) is 0 Å². The maximum absolute atomic E-state index is 12.1. The zero-order valence-electron chi connectivity index (χ0n) is 12.3. The maximum Gasteiger partial charge on any atom is 0.338 e. The molecule has 0 fully saturated rings. The number of nitrogens with one attached hydrogen (secondary N) is 1. The van der Waals surface area contributed by atoms with E-state index in [2.05, 4.69) is 4.72 Å². The Morgan fingerprint density at radius 1 is 1.05 bits per heavy atom. The third-order valence-electron chi connectivity index (χ3n) is 2.98. The Kier molecular flexibility index (Phi) is 4.82. The summed E-state index contributed by atoms with van der Waals surface area (Å²) in [6, 6.07) is 15.5. The van der Waals surface area contributed by atoms with E-state index in [-0.39, 0.29) is 6.10 Å². The van der Waals surface area contributed by atoms with Crippen molar-refractivity contribution in [3.05, 3.63) is 65.7 Å². The Labute approximate surface area is 130 Å². The summed E-state index contributed by atoms with van der Waals surface area (Å²) in [5.41, 5.74) is 1.67. The number of carbonyl (C=O) groups is 1. The second-order valence-corrected chi connectivity index (χ2v) is 6.66. The monoisotopic (exact) mass is 319 g/mol. The number of ether oxygens (including phenoxy) is 1. The molecule has 2 rings (SSSR count). The molecule has 22 heavy (non-hydrogen) atoms. The van der Waals surface area contributed by atoms with Gasteiger partial charge in [-0.3, -0.25) is 4.72 Å². The van der Waals surface area contributed by atoms with Crippen molar-refractivity contribution in [2.75, 3.05) is 11.0 Å². The highest BCUT2D eigenvalue weighted by molar-refractivity contribution is 7.92. The third-order valence-corrected chi connectivity index (χ3v) is 3.58. The van der Waals surface area contributed by atoms with E-state index in [4.69, 9.17) is 4.74 Å². The molecule has 5 nitrogen and oxygen atoms in total. The lowest BCUT2D eigenvalue weighted by Crippen LogP contribution is -2.11. The van der Waals surface area contributed by atoms with Crippen LogP contribution in [-0.4, -0.2) is 20.6 Å². The summed E-state index contributed by atoms with van der Waals surface area (Å²) >= 11 is 0. The summed E-state index contributed by atoms with van der Waals surface area (Å²) in [4.78, 5) is 12.1. The highest BCUT2D eigenvalue weighted by Gasteiger charge is 2.13. The van der Waals surface area contributed by atoms with Crippen LogP contribution in [-0.2, 0) is 14.8 Å². The molecule has 6 heteroatoms. The smallest absolute Gasteiger partial charge is 0.338 e. The van der Waals surface area contributed by atoms with Crippen molar-refractivity contribution in [2.45, 2.75) is 13.0 Å². The third kappa shape index (κ3) is 4.60. The predicted octanol–water partition coefficient (Wildman–Crippen LogP) is 2.98. The van der Waals surface area contributed by atoms with Crippen LogP contribution in [0.25, 0.3) is 0 Å². The molecule has 0 radical (unpaired) electrons. The van der Waals surface area contributed by atoms with Gasteiger partial charge in [0.15, 0.2) is 0 Å². The highest BCUT2D eigenvalue weighted by Crippen LogP contribution is 2.19. The van der Waals surface area contributed by atoms with Crippen molar-refractivity contribution < 1.29 is 17.9 Å². The summed E-state index contributed by atoms with van der Waals surface area (Å²) in [6.45, 7) is 1.80. The van der Waals surface area contributed by atoms with E-state index < -0.39 is 16.0 Å². The lowest BCUT2D eigenvalue weighted by atomic mass is 10.1. The fraction of sp³-hybridized carbons (Fsp3) is 0.188. The van der Waals surface area contributed by atoms with E-state index in [1.54, 1.807) is 6.92 Å². The second kappa shape index (κ2) is 6.62. The van der Waals surface area contributed by atoms with E-state index in [0.29, 0.717) is 11.3 Å². The maximum atomic E-state index is 12.1. The summed E-state index contributed by atoms with van der Waals surface area (Å²) < 4.78 is 30.0. The molecule has 0 heterocycles. The van der Waals surface area contributed by atoms with Crippen molar-refractivity contribution in [1.82, 2.24) is 0 Å². The minimum Gasteiger partial charge on any atom is -0.454 e. The highest BCUT2D eigenvalue weighted by atomic mass is 32.2. The molecule has 0 saturated carbocycles. The molecule has 0 aliphatic carbocycles. The molecule has 2 aromatic rings. The Balaban J connectivity index is 2.04. The number of hydrogen-bond acceptors (Lipinski definition) is 4. The van der Waals surface area contributed by atoms with Crippen LogP contribution in [0.5, 0.6) is 0 Å². The lowest BCUT2D eigenvalue weighted by Gasteiger charge is -2.13. The quantitative estimate of drug-likeness (QED) is 0.860. The van der Waals surface area contributed by atoms with Crippen LogP contribution in [0.3, 0.4) is 0 Å². The Hall–Kier alpha value is -2.34. The Bertz CT molecular complexity index is 739. The zero-order valence-corrected chi connectivity index (χ0v) is 13.1. The molecule has 0 spiro atoms.